The first-order chi connectivity index (χ1) is 25.9. The highest BCUT2D eigenvalue weighted by atomic mass is 19.4. The summed E-state index contributed by atoms with van der Waals surface area (Å²) in [5.41, 5.74) is -10.3. The zero-order valence-corrected chi connectivity index (χ0v) is 28.7. The molecule has 0 atom stereocenters. The largest absolute Gasteiger partial charge is 0.508 e. The Hall–Kier alpha value is -5.50. The van der Waals surface area contributed by atoms with Gasteiger partial charge in [0, 0.05) is 11.1 Å². The van der Waals surface area contributed by atoms with Crippen LogP contribution in [0.15, 0.2) is 103 Å². The molecule has 0 amide bonds. The Kier molecular flexibility index (Phi) is 12.6. The van der Waals surface area contributed by atoms with Crippen LogP contribution in [0.4, 0.5) is 52.7 Å². The first-order valence-electron chi connectivity index (χ1n) is 15.7. The van der Waals surface area contributed by atoms with Gasteiger partial charge in [-0.3, -0.25) is 0 Å². The maximum absolute atomic E-state index is 13.6. The Morgan fingerprint density at radius 2 is 1.09 bits per heavy atom. The fraction of sp³-hybridized carbons (Fsp3) is 0.278. The Morgan fingerprint density at radius 1 is 0.589 bits per heavy atom. The number of methoxy groups -OCH3 is 1. The van der Waals surface area contributed by atoms with Crippen molar-refractivity contribution in [2.24, 2.45) is 0 Å². The van der Waals surface area contributed by atoms with Crippen molar-refractivity contribution in [3.05, 3.63) is 131 Å². The lowest BCUT2D eigenvalue weighted by atomic mass is 9.91. The van der Waals surface area contributed by atoms with Crippen molar-refractivity contribution in [1.29, 1.82) is 0 Å². The first kappa shape index (κ1) is 43.2. The van der Waals surface area contributed by atoms with Crippen molar-refractivity contribution in [3.8, 4) is 22.9 Å². The molecule has 0 fully saturated rings. The second-order valence-electron chi connectivity index (χ2n) is 11.7. The number of aliphatic hydroxyl groups is 1. The lowest BCUT2D eigenvalue weighted by molar-refractivity contribution is -0.392. The van der Waals surface area contributed by atoms with E-state index in [-0.39, 0.29) is 17.9 Å². The van der Waals surface area contributed by atoms with E-state index in [4.69, 9.17) is 9.47 Å². The van der Waals surface area contributed by atoms with E-state index in [2.05, 4.69) is 14.9 Å². The molecule has 302 valence electrons. The number of halogens is 12. The van der Waals surface area contributed by atoms with Crippen LogP contribution in [-0.4, -0.2) is 57.0 Å². The van der Waals surface area contributed by atoms with Gasteiger partial charge in [-0.2, -0.15) is 62.6 Å². The molecule has 0 aliphatic carbocycles. The number of para-hydroxylation sites is 1. The van der Waals surface area contributed by atoms with Gasteiger partial charge in [0.25, 0.3) is 11.2 Å². The summed E-state index contributed by atoms with van der Waals surface area (Å²) in [6, 6.07) is 19.8. The molecule has 0 saturated heterocycles. The Labute approximate surface area is 309 Å². The SMILES string of the molecule is COc1ccc(COC(c2ccc(O)cc2)(C(F)(F)F)C(F)(F)F)cc1.Cc1nn(-c2ccccc2)nc1COc1ccc(C(O)(C(F)(F)F)C(F)(F)F)cc1. The summed E-state index contributed by atoms with van der Waals surface area (Å²) in [5.74, 6) is -0.0774. The van der Waals surface area contributed by atoms with Crippen LogP contribution >= 0.6 is 0 Å². The van der Waals surface area contributed by atoms with Crippen LogP contribution in [0, 0.1) is 6.92 Å². The maximum Gasteiger partial charge on any atom is 0.430 e. The van der Waals surface area contributed by atoms with E-state index in [1.165, 1.54) is 36.2 Å². The molecule has 5 aromatic rings. The molecule has 20 heteroatoms. The molecule has 1 heterocycles. The number of hydrogen-bond acceptors (Lipinski definition) is 7. The van der Waals surface area contributed by atoms with Crippen LogP contribution in [0.5, 0.6) is 17.2 Å². The third kappa shape index (κ3) is 9.13. The summed E-state index contributed by atoms with van der Waals surface area (Å²) < 4.78 is 174. The maximum atomic E-state index is 13.6. The molecule has 2 N–H and O–H groups in total. The number of aryl methyl sites for hydroxylation is 1. The first-order valence-corrected chi connectivity index (χ1v) is 15.7. The van der Waals surface area contributed by atoms with E-state index in [0.29, 0.717) is 47.1 Å². The van der Waals surface area contributed by atoms with Gasteiger partial charge < -0.3 is 24.4 Å². The van der Waals surface area contributed by atoms with Crippen molar-refractivity contribution in [2.45, 2.75) is 56.0 Å². The van der Waals surface area contributed by atoms with Crippen molar-refractivity contribution in [2.75, 3.05) is 7.11 Å². The fourth-order valence-electron chi connectivity index (χ4n) is 5.00. The summed E-state index contributed by atoms with van der Waals surface area (Å²) in [4.78, 5) is 1.38. The van der Waals surface area contributed by atoms with E-state index in [1.807, 2.05) is 6.07 Å². The number of alkyl halides is 12. The zero-order chi connectivity index (χ0) is 41.7. The van der Waals surface area contributed by atoms with Gasteiger partial charge in [0.2, 0.25) is 0 Å². The molecule has 1 aromatic heterocycles. The molecule has 0 saturated carbocycles. The number of benzene rings is 4. The van der Waals surface area contributed by atoms with Gasteiger partial charge in [-0.15, -0.1) is 5.10 Å². The topological polar surface area (TPSA) is 98.9 Å². The highest BCUT2D eigenvalue weighted by Crippen LogP contribution is 2.54. The summed E-state index contributed by atoms with van der Waals surface area (Å²) in [6.07, 6.45) is -23.5. The molecule has 0 bridgehead atoms. The minimum Gasteiger partial charge on any atom is -0.508 e. The van der Waals surface area contributed by atoms with Gasteiger partial charge in [-0.05, 0) is 61.0 Å². The highest BCUT2D eigenvalue weighted by Gasteiger charge is 2.73. The molecule has 0 radical (unpaired) electrons. The molecule has 0 unspecified atom stereocenters. The highest BCUT2D eigenvalue weighted by molar-refractivity contribution is 5.35. The molecule has 0 aliphatic rings. The standard InChI is InChI=1S/C19H15F6N3O2.C17H14F6O3/c1-12-16(27-28(26-12)14-5-3-2-4-6-14)11-30-15-9-7-13(8-10-15)17(29,18(20,21)22)19(23,24)25;1-25-14-8-2-11(3-9-14)10-26-15(16(18,19)20,17(21,22)23)12-4-6-13(24)7-5-12/h2-10,29H,11H2,1H3;2-9,24H,10H2,1H3. The summed E-state index contributed by atoms with van der Waals surface area (Å²) in [7, 11) is 1.37. The van der Waals surface area contributed by atoms with Crippen LogP contribution in [0.25, 0.3) is 5.69 Å². The number of ether oxygens (including phenoxy) is 3. The monoisotopic (exact) mass is 811 g/mol. The van der Waals surface area contributed by atoms with Crippen molar-refractivity contribution < 1.29 is 77.1 Å². The molecular weight excluding hydrogens is 782 g/mol. The van der Waals surface area contributed by atoms with E-state index < -0.39 is 59.4 Å². The van der Waals surface area contributed by atoms with Crippen molar-refractivity contribution in [3.63, 3.8) is 0 Å². The van der Waals surface area contributed by atoms with Crippen LogP contribution < -0.4 is 9.47 Å². The normalized spacial score (nSPS) is 12.8. The minimum absolute atomic E-state index is 0.000824. The Balaban J connectivity index is 0.000000251. The molecule has 0 spiro atoms. The van der Waals surface area contributed by atoms with E-state index in [9.17, 15) is 62.9 Å². The Morgan fingerprint density at radius 3 is 1.57 bits per heavy atom. The predicted octanol–water partition coefficient (Wildman–Crippen LogP) is 9.40. The summed E-state index contributed by atoms with van der Waals surface area (Å²) in [5, 5.41) is 27.1. The lowest BCUT2D eigenvalue weighted by Crippen LogP contribution is -2.55. The molecule has 4 aromatic carbocycles. The predicted molar refractivity (Wildman–Crippen MR) is 173 cm³/mol. The average Bonchev–Trinajstić information content (AvgIpc) is 3.50. The number of aromatic nitrogens is 3. The zero-order valence-electron chi connectivity index (χ0n) is 28.7. The van der Waals surface area contributed by atoms with Gasteiger partial charge in [-0.1, -0.05) is 54.6 Å². The smallest absolute Gasteiger partial charge is 0.430 e. The van der Waals surface area contributed by atoms with Gasteiger partial charge in [0.1, 0.15) is 29.5 Å². The summed E-state index contributed by atoms with van der Waals surface area (Å²) >= 11 is 0. The summed E-state index contributed by atoms with van der Waals surface area (Å²) in [6.45, 7) is 0.631. The van der Waals surface area contributed by atoms with Crippen LogP contribution in [-0.2, 0) is 29.2 Å². The number of phenolic OH excluding ortho intramolecular Hbond substituents is 1. The third-order valence-electron chi connectivity index (χ3n) is 8.02. The van der Waals surface area contributed by atoms with Gasteiger partial charge in [0.05, 0.1) is 25.1 Å². The quantitative estimate of drug-likeness (QED) is 0.136. The van der Waals surface area contributed by atoms with Gasteiger partial charge in [-0.25, -0.2) is 0 Å². The number of rotatable bonds is 10. The third-order valence-corrected chi connectivity index (χ3v) is 8.02. The van der Waals surface area contributed by atoms with Crippen molar-refractivity contribution in [1.82, 2.24) is 15.0 Å². The van der Waals surface area contributed by atoms with E-state index in [0.717, 1.165) is 24.3 Å². The van der Waals surface area contributed by atoms with Crippen LogP contribution in [0.2, 0.25) is 0 Å². The second kappa shape index (κ2) is 16.3. The van der Waals surface area contributed by atoms with Crippen molar-refractivity contribution >= 4 is 0 Å². The van der Waals surface area contributed by atoms with Crippen LogP contribution in [0.1, 0.15) is 28.1 Å². The number of hydrogen-bond donors (Lipinski definition) is 2. The molecule has 5 rings (SSSR count). The van der Waals surface area contributed by atoms with Gasteiger partial charge >= 0.3 is 24.7 Å². The average molecular weight is 812 g/mol. The van der Waals surface area contributed by atoms with Crippen LogP contribution in [0.3, 0.4) is 0 Å². The van der Waals surface area contributed by atoms with E-state index in [1.54, 1.807) is 31.2 Å². The molecule has 56 heavy (non-hydrogen) atoms. The molecule has 0 aliphatic heterocycles. The minimum atomic E-state index is -5.94. The van der Waals surface area contributed by atoms with E-state index >= 15 is 0 Å². The second-order valence-corrected chi connectivity index (χ2v) is 11.7. The van der Waals surface area contributed by atoms with Gasteiger partial charge in [0.15, 0.2) is 0 Å². The number of phenols is 1. The fourth-order valence-corrected chi connectivity index (χ4v) is 5.00. The number of nitrogens with zero attached hydrogens (tertiary/aromatic N) is 3. The molecular formula is C36H29F12N3O5. The number of aromatic hydroxyl groups is 1. The lowest BCUT2D eigenvalue weighted by Gasteiger charge is -2.37. The Bertz CT molecular complexity index is 1980. The molecule has 8 nitrogen and oxygen atoms in total.